The van der Waals surface area contributed by atoms with Crippen LogP contribution < -0.4 is 10.9 Å². The highest BCUT2D eigenvalue weighted by Gasteiger charge is 2.22. The van der Waals surface area contributed by atoms with Gasteiger partial charge in [0.2, 0.25) is 0 Å². The van der Waals surface area contributed by atoms with Gasteiger partial charge in [0.05, 0.1) is 22.4 Å². The topological polar surface area (TPSA) is 121 Å². The standard InChI is InChI=1S/C21H22ClN5O4/c1-3-9-26(12-19-24-17-11-14(22)6-7-15(17)20(28)25-19)21(29)13-5-8-16(23-4-2)18(10-13)27(30)31/h5-8,10-11,23H,3-4,9,12H2,1-2H3,(H,24,25,28). The van der Waals surface area contributed by atoms with Gasteiger partial charge in [0.15, 0.2) is 0 Å². The zero-order valence-corrected chi connectivity index (χ0v) is 17.9. The fourth-order valence-corrected chi connectivity index (χ4v) is 3.44. The number of hydrogen-bond acceptors (Lipinski definition) is 6. The highest BCUT2D eigenvalue weighted by Crippen LogP contribution is 2.26. The van der Waals surface area contributed by atoms with Crippen LogP contribution in [0.15, 0.2) is 41.2 Å². The molecule has 3 aromatic rings. The maximum atomic E-state index is 13.1. The number of rotatable bonds is 8. The van der Waals surface area contributed by atoms with Gasteiger partial charge in [-0.1, -0.05) is 18.5 Å². The number of carbonyl (C=O) groups is 1. The lowest BCUT2D eigenvalue weighted by Gasteiger charge is -2.22. The van der Waals surface area contributed by atoms with E-state index >= 15 is 0 Å². The molecule has 0 unspecified atom stereocenters. The molecular weight excluding hydrogens is 422 g/mol. The number of fused-ring (bicyclic) bond motifs is 1. The summed E-state index contributed by atoms with van der Waals surface area (Å²) in [6.07, 6.45) is 0.660. The molecule has 0 fully saturated rings. The van der Waals surface area contributed by atoms with Gasteiger partial charge in [0.25, 0.3) is 17.2 Å². The van der Waals surface area contributed by atoms with Crippen molar-refractivity contribution in [2.45, 2.75) is 26.8 Å². The minimum atomic E-state index is -0.523. The number of nitrogens with zero attached hydrogens (tertiary/aromatic N) is 3. The van der Waals surface area contributed by atoms with Crippen LogP contribution >= 0.6 is 11.6 Å². The van der Waals surface area contributed by atoms with Crippen LogP contribution in [0.4, 0.5) is 11.4 Å². The summed E-state index contributed by atoms with van der Waals surface area (Å²) in [7, 11) is 0. The number of halogens is 1. The van der Waals surface area contributed by atoms with Crippen molar-refractivity contribution in [1.82, 2.24) is 14.9 Å². The van der Waals surface area contributed by atoms with Crippen molar-refractivity contribution >= 4 is 39.8 Å². The summed E-state index contributed by atoms with van der Waals surface area (Å²) >= 11 is 6.01. The first-order valence-electron chi connectivity index (χ1n) is 9.84. The van der Waals surface area contributed by atoms with Crippen LogP contribution in [-0.2, 0) is 6.54 Å². The minimum absolute atomic E-state index is 0.0487. The second-order valence-electron chi connectivity index (χ2n) is 6.92. The molecule has 0 saturated heterocycles. The molecule has 0 aliphatic carbocycles. The van der Waals surface area contributed by atoms with Gasteiger partial charge < -0.3 is 15.2 Å². The molecule has 0 aliphatic rings. The molecule has 2 N–H and O–H groups in total. The third kappa shape index (κ3) is 5.00. The second kappa shape index (κ2) is 9.57. The number of hydrogen-bond donors (Lipinski definition) is 2. The van der Waals surface area contributed by atoms with Crippen molar-refractivity contribution in [1.29, 1.82) is 0 Å². The van der Waals surface area contributed by atoms with Gasteiger partial charge in [0, 0.05) is 29.7 Å². The summed E-state index contributed by atoms with van der Waals surface area (Å²) in [5, 5.41) is 15.2. The van der Waals surface area contributed by atoms with Crippen LogP contribution in [0.2, 0.25) is 5.02 Å². The first kappa shape index (κ1) is 22.2. The van der Waals surface area contributed by atoms with Gasteiger partial charge in [-0.25, -0.2) is 4.98 Å². The summed E-state index contributed by atoms with van der Waals surface area (Å²) in [4.78, 5) is 45.0. The van der Waals surface area contributed by atoms with E-state index in [1.165, 1.54) is 17.0 Å². The van der Waals surface area contributed by atoms with Crippen LogP contribution in [0.25, 0.3) is 10.9 Å². The molecule has 0 bridgehead atoms. The van der Waals surface area contributed by atoms with Crippen molar-refractivity contribution < 1.29 is 9.72 Å². The van der Waals surface area contributed by atoms with Crippen LogP contribution in [-0.4, -0.2) is 38.8 Å². The first-order valence-corrected chi connectivity index (χ1v) is 10.2. The third-order valence-corrected chi connectivity index (χ3v) is 4.88. The molecule has 3 rings (SSSR count). The van der Waals surface area contributed by atoms with E-state index in [2.05, 4.69) is 15.3 Å². The lowest BCUT2D eigenvalue weighted by atomic mass is 10.1. The van der Waals surface area contributed by atoms with Crippen LogP contribution in [0.3, 0.4) is 0 Å². The predicted octanol–water partition coefficient (Wildman–Crippen LogP) is 3.97. The Morgan fingerprint density at radius 3 is 2.71 bits per heavy atom. The van der Waals surface area contributed by atoms with E-state index in [-0.39, 0.29) is 29.3 Å². The Labute approximate surface area is 183 Å². The highest BCUT2D eigenvalue weighted by atomic mass is 35.5. The molecule has 1 heterocycles. The predicted molar refractivity (Wildman–Crippen MR) is 120 cm³/mol. The van der Waals surface area contributed by atoms with E-state index in [1.807, 2.05) is 13.8 Å². The molecule has 0 spiro atoms. The molecule has 0 saturated carbocycles. The Balaban J connectivity index is 1.94. The van der Waals surface area contributed by atoms with Crippen molar-refractivity contribution in [3.63, 3.8) is 0 Å². The van der Waals surface area contributed by atoms with E-state index in [0.717, 1.165) is 0 Å². The number of carbonyl (C=O) groups excluding carboxylic acids is 1. The maximum absolute atomic E-state index is 13.1. The molecule has 9 nitrogen and oxygen atoms in total. The van der Waals surface area contributed by atoms with Gasteiger partial charge >= 0.3 is 0 Å². The summed E-state index contributed by atoms with van der Waals surface area (Å²) < 4.78 is 0. The number of nitro benzene ring substituents is 1. The number of H-pyrrole nitrogens is 1. The third-order valence-electron chi connectivity index (χ3n) is 4.65. The molecule has 0 radical (unpaired) electrons. The van der Waals surface area contributed by atoms with Crippen molar-refractivity contribution in [3.8, 4) is 0 Å². The van der Waals surface area contributed by atoms with Crippen molar-refractivity contribution in [2.24, 2.45) is 0 Å². The Kier molecular flexibility index (Phi) is 6.86. The molecule has 10 heteroatoms. The fourth-order valence-electron chi connectivity index (χ4n) is 3.28. The number of amides is 1. The SMILES string of the molecule is CCCN(Cc1nc2cc(Cl)ccc2c(=O)[nH]1)C(=O)c1ccc(NCC)c([N+](=O)[O-])c1. The van der Waals surface area contributed by atoms with Crippen LogP contribution in [0.1, 0.15) is 36.5 Å². The first-order chi connectivity index (χ1) is 14.8. The van der Waals surface area contributed by atoms with E-state index in [1.54, 1.807) is 24.3 Å². The van der Waals surface area contributed by atoms with Gasteiger partial charge in [0.1, 0.15) is 11.5 Å². The molecular formula is C21H22ClN5O4. The normalized spacial score (nSPS) is 10.8. The monoisotopic (exact) mass is 443 g/mol. The Morgan fingerprint density at radius 1 is 1.26 bits per heavy atom. The highest BCUT2D eigenvalue weighted by molar-refractivity contribution is 6.31. The van der Waals surface area contributed by atoms with E-state index in [4.69, 9.17) is 11.6 Å². The largest absolute Gasteiger partial charge is 0.380 e. The number of aromatic nitrogens is 2. The summed E-state index contributed by atoms with van der Waals surface area (Å²) in [5.74, 6) is -0.0813. The summed E-state index contributed by atoms with van der Waals surface area (Å²) in [5.41, 5.74) is 0.472. The lowest BCUT2D eigenvalue weighted by Crippen LogP contribution is -2.33. The van der Waals surface area contributed by atoms with Crippen LogP contribution in [0.5, 0.6) is 0 Å². The average molecular weight is 444 g/mol. The number of nitro groups is 1. The lowest BCUT2D eigenvalue weighted by molar-refractivity contribution is -0.384. The van der Waals surface area contributed by atoms with Crippen molar-refractivity contribution in [3.05, 3.63) is 73.3 Å². The van der Waals surface area contributed by atoms with Gasteiger partial charge in [-0.2, -0.15) is 0 Å². The van der Waals surface area contributed by atoms with E-state index in [0.29, 0.717) is 46.9 Å². The Hall–Kier alpha value is -3.46. The zero-order valence-electron chi connectivity index (χ0n) is 17.1. The second-order valence-corrected chi connectivity index (χ2v) is 7.36. The summed E-state index contributed by atoms with van der Waals surface area (Å²) in [6, 6.07) is 9.12. The molecule has 0 atom stereocenters. The molecule has 1 amide bonds. The molecule has 31 heavy (non-hydrogen) atoms. The Morgan fingerprint density at radius 2 is 2.03 bits per heavy atom. The molecule has 2 aromatic carbocycles. The number of benzene rings is 2. The average Bonchev–Trinajstić information content (AvgIpc) is 2.73. The fraction of sp³-hybridized carbons (Fsp3) is 0.286. The van der Waals surface area contributed by atoms with E-state index < -0.39 is 4.92 Å². The quantitative estimate of drug-likeness (QED) is 0.401. The summed E-state index contributed by atoms with van der Waals surface area (Å²) in [6.45, 7) is 4.69. The number of nitrogens with one attached hydrogen (secondary N) is 2. The van der Waals surface area contributed by atoms with Crippen molar-refractivity contribution in [2.75, 3.05) is 18.4 Å². The zero-order chi connectivity index (χ0) is 22.5. The Bertz CT molecular complexity index is 1190. The minimum Gasteiger partial charge on any atom is -0.380 e. The van der Waals surface area contributed by atoms with E-state index in [9.17, 15) is 19.7 Å². The van der Waals surface area contributed by atoms with Gasteiger partial charge in [-0.3, -0.25) is 19.7 Å². The maximum Gasteiger partial charge on any atom is 0.293 e. The van der Waals surface area contributed by atoms with Crippen LogP contribution in [0, 0.1) is 10.1 Å². The molecule has 0 aliphatic heterocycles. The number of aromatic amines is 1. The smallest absolute Gasteiger partial charge is 0.293 e. The van der Waals surface area contributed by atoms with Gasteiger partial charge in [-0.05, 0) is 43.7 Å². The molecule has 1 aromatic heterocycles. The van der Waals surface area contributed by atoms with Gasteiger partial charge in [-0.15, -0.1) is 0 Å². The number of anilines is 1. The molecule has 162 valence electrons.